The highest BCUT2D eigenvalue weighted by molar-refractivity contribution is 9.10. The van der Waals surface area contributed by atoms with Crippen LogP contribution in [0.2, 0.25) is 0 Å². The lowest BCUT2D eigenvalue weighted by Gasteiger charge is -2.12. The molecule has 8 heteroatoms. The van der Waals surface area contributed by atoms with Crippen molar-refractivity contribution < 1.29 is 4.79 Å². The molecular formula is C16H14BrN5OS. The number of nitrogens with one attached hydrogen (secondary N) is 1. The number of amides is 1. The van der Waals surface area contributed by atoms with E-state index in [4.69, 9.17) is 0 Å². The number of hydrogen-bond donors (Lipinski definition) is 1. The fraction of sp³-hybridized carbons (Fsp3) is 0.125. The van der Waals surface area contributed by atoms with Crippen LogP contribution in [0.25, 0.3) is 5.69 Å². The molecule has 1 atom stereocenters. The highest BCUT2D eigenvalue weighted by atomic mass is 79.9. The summed E-state index contributed by atoms with van der Waals surface area (Å²) in [7, 11) is 0. The number of hydrogen-bond acceptors (Lipinski definition) is 5. The van der Waals surface area contributed by atoms with Crippen LogP contribution < -0.4 is 5.32 Å². The molecule has 3 rings (SSSR count). The highest BCUT2D eigenvalue weighted by Crippen LogP contribution is 2.24. The van der Waals surface area contributed by atoms with Crippen molar-refractivity contribution in [2.24, 2.45) is 0 Å². The van der Waals surface area contributed by atoms with Crippen molar-refractivity contribution in [3.05, 3.63) is 59.1 Å². The van der Waals surface area contributed by atoms with E-state index in [1.54, 1.807) is 4.68 Å². The predicted octanol–water partition coefficient (Wildman–Crippen LogP) is 3.54. The standard InChI is InChI=1S/C16H14BrN5OS/c1-11(15(23)18-13-7-5-6-12(17)10-13)24-16-19-20-21-22(16)14-8-3-2-4-9-14/h2-11H,1H3,(H,18,23). The van der Waals surface area contributed by atoms with Gasteiger partial charge in [-0.15, -0.1) is 5.10 Å². The average molecular weight is 404 g/mol. The van der Waals surface area contributed by atoms with Gasteiger partial charge in [0, 0.05) is 10.2 Å². The Hall–Kier alpha value is -2.19. The zero-order valence-corrected chi connectivity index (χ0v) is 15.2. The molecule has 0 aliphatic rings. The van der Waals surface area contributed by atoms with Gasteiger partial charge < -0.3 is 5.32 Å². The summed E-state index contributed by atoms with van der Waals surface area (Å²) in [5.74, 6) is -0.110. The molecule has 24 heavy (non-hydrogen) atoms. The molecule has 6 nitrogen and oxygen atoms in total. The maximum Gasteiger partial charge on any atom is 0.237 e. The smallest absolute Gasteiger partial charge is 0.237 e. The normalized spacial score (nSPS) is 11.9. The lowest BCUT2D eigenvalue weighted by atomic mass is 10.3. The van der Waals surface area contributed by atoms with Gasteiger partial charge in [0.2, 0.25) is 11.1 Å². The van der Waals surface area contributed by atoms with Gasteiger partial charge in [-0.05, 0) is 47.7 Å². The largest absolute Gasteiger partial charge is 0.325 e. The van der Waals surface area contributed by atoms with Gasteiger partial charge in [-0.1, -0.05) is 52.0 Å². The molecule has 2 aromatic carbocycles. The highest BCUT2D eigenvalue weighted by Gasteiger charge is 2.19. The summed E-state index contributed by atoms with van der Waals surface area (Å²) in [4.78, 5) is 12.4. The van der Waals surface area contributed by atoms with Crippen molar-refractivity contribution >= 4 is 39.3 Å². The SMILES string of the molecule is CC(Sc1nnnn1-c1ccccc1)C(=O)Nc1cccc(Br)c1. The third-order valence-corrected chi connectivity index (χ3v) is 4.71. The van der Waals surface area contributed by atoms with Crippen LogP contribution in [-0.4, -0.2) is 31.4 Å². The fourth-order valence-electron chi connectivity index (χ4n) is 2.01. The van der Waals surface area contributed by atoms with Gasteiger partial charge in [-0.2, -0.15) is 4.68 Å². The number of aromatic nitrogens is 4. The van der Waals surface area contributed by atoms with E-state index in [0.717, 1.165) is 15.8 Å². The van der Waals surface area contributed by atoms with E-state index in [9.17, 15) is 4.79 Å². The summed E-state index contributed by atoms with van der Waals surface area (Å²) >= 11 is 4.69. The maximum atomic E-state index is 12.4. The molecule has 0 aliphatic heterocycles. The van der Waals surface area contributed by atoms with Crippen LogP contribution in [0.4, 0.5) is 5.69 Å². The third kappa shape index (κ3) is 4.01. The second kappa shape index (κ2) is 7.59. The van der Waals surface area contributed by atoms with Gasteiger partial charge >= 0.3 is 0 Å². The molecule has 3 aromatic rings. The lowest BCUT2D eigenvalue weighted by molar-refractivity contribution is -0.115. The molecule has 1 N–H and O–H groups in total. The molecule has 0 saturated carbocycles. The Kier molecular flexibility index (Phi) is 5.27. The van der Waals surface area contributed by atoms with E-state index >= 15 is 0 Å². The summed E-state index contributed by atoms with van der Waals surface area (Å²) in [6, 6.07) is 17.0. The van der Waals surface area contributed by atoms with Crippen LogP contribution in [0.3, 0.4) is 0 Å². The second-order valence-corrected chi connectivity index (χ2v) is 7.19. The Morgan fingerprint density at radius 3 is 2.75 bits per heavy atom. The number of tetrazole rings is 1. The number of benzene rings is 2. The van der Waals surface area contributed by atoms with Crippen LogP contribution in [-0.2, 0) is 4.79 Å². The van der Waals surface area contributed by atoms with Crippen LogP contribution >= 0.6 is 27.7 Å². The molecule has 1 unspecified atom stereocenters. The average Bonchev–Trinajstić information content (AvgIpc) is 3.03. The van der Waals surface area contributed by atoms with Crippen molar-refractivity contribution in [3.8, 4) is 5.69 Å². The molecule has 0 spiro atoms. The molecule has 0 fully saturated rings. The van der Waals surface area contributed by atoms with E-state index in [-0.39, 0.29) is 11.2 Å². The first-order chi connectivity index (χ1) is 11.6. The minimum Gasteiger partial charge on any atom is -0.325 e. The summed E-state index contributed by atoms with van der Waals surface area (Å²) in [6.07, 6.45) is 0. The van der Waals surface area contributed by atoms with Crippen molar-refractivity contribution in [2.45, 2.75) is 17.3 Å². The number of thioether (sulfide) groups is 1. The van der Waals surface area contributed by atoms with Crippen molar-refractivity contribution in [3.63, 3.8) is 0 Å². The Morgan fingerprint density at radius 1 is 1.21 bits per heavy atom. The van der Waals surface area contributed by atoms with E-state index < -0.39 is 0 Å². The second-order valence-electron chi connectivity index (χ2n) is 4.97. The van der Waals surface area contributed by atoms with Gasteiger partial charge in [-0.25, -0.2) is 0 Å². The predicted molar refractivity (Wildman–Crippen MR) is 97.2 cm³/mol. The van der Waals surface area contributed by atoms with Crippen LogP contribution in [0.15, 0.2) is 64.2 Å². The Morgan fingerprint density at radius 2 is 2.00 bits per heavy atom. The summed E-state index contributed by atoms with van der Waals surface area (Å²) < 4.78 is 2.53. The zero-order valence-electron chi connectivity index (χ0n) is 12.8. The van der Waals surface area contributed by atoms with Gasteiger partial charge in [0.05, 0.1) is 10.9 Å². The van der Waals surface area contributed by atoms with Gasteiger partial charge in [0.15, 0.2) is 0 Å². The van der Waals surface area contributed by atoms with E-state index in [2.05, 4.69) is 36.8 Å². The number of rotatable bonds is 5. The molecule has 0 radical (unpaired) electrons. The first-order valence-corrected chi connectivity index (χ1v) is 8.87. The topological polar surface area (TPSA) is 72.7 Å². The first-order valence-electron chi connectivity index (χ1n) is 7.20. The van der Waals surface area contributed by atoms with E-state index in [0.29, 0.717) is 5.16 Å². The quantitative estimate of drug-likeness (QED) is 0.659. The number of nitrogens with zero attached hydrogens (tertiary/aromatic N) is 4. The summed E-state index contributed by atoms with van der Waals surface area (Å²) in [5, 5.41) is 14.8. The third-order valence-electron chi connectivity index (χ3n) is 3.19. The molecule has 1 aromatic heterocycles. The zero-order chi connectivity index (χ0) is 16.9. The van der Waals surface area contributed by atoms with E-state index in [1.165, 1.54) is 11.8 Å². The van der Waals surface area contributed by atoms with Crippen molar-refractivity contribution in [1.82, 2.24) is 20.2 Å². The number of halogens is 1. The number of carbonyl (C=O) groups is 1. The summed E-state index contributed by atoms with van der Waals surface area (Å²) in [5.41, 5.74) is 1.59. The molecule has 122 valence electrons. The Bertz CT molecular complexity index is 839. The minimum atomic E-state index is -0.350. The molecule has 0 saturated heterocycles. The number of carbonyl (C=O) groups excluding carboxylic acids is 1. The first kappa shape index (κ1) is 16.7. The number of para-hydroxylation sites is 1. The van der Waals surface area contributed by atoms with Gasteiger partial charge in [0.25, 0.3) is 0 Å². The number of anilines is 1. The molecule has 0 bridgehead atoms. The van der Waals surface area contributed by atoms with Crippen molar-refractivity contribution in [2.75, 3.05) is 5.32 Å². The minimum absolute atomic E-state index is 0.110. The van der Waals surface area contributed by atoms with Crippen LogP contribution in [0.5, 0.6) is 0 Å². The Labute approximate surface area is 151 Å². The lowest BCUT2D eigenvalue weighted by Crippen LogP contribution is -2.22. The van der Waals surface area contributed by atoms with Gasteiger partial charge in [-0.3, -0.25) is 4.79 Å². The maximum absolute atomic E-state index is 12.4. The van der Waals surface area contributed by atoms with Crippen molar-refractivity contribution in [1.29, 1.82) is 0 Å². The summed E-state index contributed by atoms with van der Waals surface area (Å²) in [6.45, 7) is 1.82. The Balaban J connectivity index is 1.70. The van der Waals surface area contributed by atoms with E-state index in [1.807, 2.05) is 61.5 Å². The molecule has 1 amide bonds. The van der Waals surface area contributed by atoms with Crippen LogP contribution in [0.1, 0.15) is 6.92 Å². The molecule has 1 heterocycles. The molecule has 0 aliphatic carbocycles. The fourth-order valence-corrected chi connectivity index (χ4v) is 3.21. The monoisotopic (exact) mass is 403 g/mol. The van der Waals surface area contributed by atoms with Crippen LogP contribution in [0, 0.1) is 0 Å². The van der Waals surface area contributed by atoms with Gasteiger partial charge in [0.1, 0.15) is 0 Å². The molecular weight excluding hydrogens is 390 g/mol.